The summed E-state index contributed by atoms with van der Waals surface area (Å²) in [4.78, 5) is 12.7. The second-order valence-electron chi connectivity index (χ2n) is 12.6. The molecule has 1 heterocycles. The summed E-state index contributed by atoms with van der Waals surface area (Å²) in [6, 6.07) is 0. The zero-order valence-electron chi connectivity index (χ0n) is 30.0. The molecule has 6 unspecified atom stereocenters. The Morgan fingerprint density at radius 3 is 1.83 bits per heavy atom. The molecule has 1 rings (SSSR count). The smallest absolute Gasteiger partial charge is 0.306 e. The van der Waals surface area contributed by atoms with Crippen LogP contribution in [0.2, 0.25) is 0 Å². The Hall–Kier alpha value is -1.85. The maximum Gasteiger partial charge on any atom is 0.306 e. The minimum Gasteiger partial charge on any atom is -0.457 e. The maximum atomic E-state index is 12.7. The Bertz CT molecular complexity index is 870. The van der Waals surface area contributed by atoms with Crippen molar-refractivity contribution in [2.24, 2.45) is 0 Å². The number of carbonyl (C=O) groups is 1. The Balaban J connectivity index is 2.39. The fourth-order valence-corrected chi connectivity index (χ4v) is 5.32. The summed E-state index contributed by atoms with van der Waals surface area (Å²) in [6.45, 7) is 4.26. The Morgan fingerprint density at radius 1 is 0.688 bits per heavy atom. The van der Waals surface area contributed by atoms with E-state index in [-0.39, 0.29) is 19.2 Å². The van der Waals surface area contributed by atoms with Gasteiger partial charge in [-0.25, -0.2) is 0 Å². The summed E-state index contributed by atoms with van der Waals surface area (Å²) < 4.78 is 22.6. The third kappa shape index (κ3) is 22.7. The average molecular weight is 681 g/mol. The molecule has 0 aromatic rings. The zero-order valence-corrected chi connectivity index (χ0v) is 30.0. The second-order valence-corrected chi connectivity index (χ2v) is 12.6. The van der Waals surface area contributed by atoms with Crippen LogP contribution in [0, 0.1) is 0 Å². The first-order valence-electron chi connectivity index (χ1n) is 18.7. The highest BCUT2D eigenvalue weighted by molar-refractivity contribution is 5.69. The van der Waals surface area contributed by atoms with Crippen molar-refractivity contribution in [3.05, 3.63) is 48.6 Å². The summed E-state index contributed by atoms with van der Waals surface area (Å²) in [5.41, 5.74) is 0. The first kappa shape index (κ1) is 44.2. The van der Waals surface area contributed by atoms with Crippen molar-refractivity contribution in [1.29, 1.82) is 0 Å². The van der Waals surface area contributed by atoms with Gasteiger partial charge in [-0.2, -0.15) is 0 Å². The Morgan fingerprint density at radius 2 is 1.25 bits per heavy atom. The van der Waals surface area contributed by atoms with E-state index in [0.29, 0.717) is 13.0 Å². The number of aliphatic hydroxyl groups is 4. The van der Waals surface area contributed by atoms with Gasteiger partial charge >= 0.3 is 5.97 Å². The van der Waals surface area contributed by atoms with E-state index in [2.05, 4.69) is 62.5 Å². The third-order valence-corrected chi connectivity index (χ3v) is 8.26. The van der Waals surface area contributed by atoms with E-state index in [9.17, 15) is 25.2 Å². The van der Waals surface area contributed by atoms with Gasteiger partial charge in [-0.05, 0) is 44.9 Å². The number of unbranched alkanes of at least 4 members (excludes halogenated alkanes) is 11. The van der Waals surface area contributed by atoms with E-state index in [1.807, 2.05) is 0 Å². The minimum absolute atomic E-state index is 0.107. The standard InChI is InChI=1S/C39H68O9/c1-3-5-7-9-11-13-15-16-17-19-21-23-25-27-29-45-31-33(32-46-39-38(44)37(43)36(42)34(30-40)48-39)47-35(41)28-26-24-22-20-18-14-12-10-8-6-4-2/h5,7,11,13,16-17,21,23,33-34,36-40,42-44H,3-4,6,8-10,12,14-15,18-20,22,24-32H2,1-2H3/b7-5-,13-11-,17-16-,23-21-. The van der Waals surface area contributed by atoms with Gasteiger partial charge in [-0.1, -0.05) is 127 Å². The molecule has 0 aliphatic carbocycles. The number of rotatable bonds is 30. The van der Waals surface area contributed by atoms with Crippen molar-refractivity contribution in [3.8, 4) is 0 Å². The molecule has 0 amide bonds. The normalized spacial score (nSPS) is 22.5. The van der Waals surface area contributed by atoms with Crippen LogP contribution in [0.3, 0.4) is 0 Å². The van der Waals surface area contributed by atoms with Gasteiger partial charge in [0.1, 0.15) is 30.5 Å². The number of hydrogen-bond acceptors (Lipinski definition) is 9. The molecule has 0 aromatic heterocycles. The quantitative estimate of drug-likeness (QED) is 0.0359. The number of allylic oxidation sites excluding steroid dienone is 8. The van der Waals surface area contributed by atoms with Crippen molar-refractivity contribution in [2.45, 2.75) is 166 Å². The second kappa shape index (κ2) is 31.2. The summed E-state index contributed by atoms with van der Waals surface area (Å²) >= 11 is 0. The molecule has 4 N–H and O–H groups in total. The van der Waals surface area contributed by atoms with Crippen LogP contribution in [0.5, 0.6) is 0 Å². The van der Waals surface area contributed by atoms with E-state index in [1.165, 1.54) is 51.4 Å². The van der Waals surface area contributed by atoms with E-state index >= 15 is 0 Å². The van der Waals surface area contributed by atoms with Crippen LogP contribution in [-0.4, -0.2) is 89.6 Å². The van der Waals surface area contributed by atoms with Gasteiger partial charge in [0.15, 0.2) is 6.29 Å². The number of ether oxygens (including phenoxy) is 4. The predicted octanol–water partition coefficient (Wildman–Crippen LogP) is 7.02. The van der Waals surface area contributed by atoms with Crippen LogP contribution in [-0.2, 0) is 23.7 Å². The number of hydrogen-bond donors (Lipinski definition) is 4. The summed E-state index contributed by atoms with van der Waals surface area (Å²) in [6.07, 6.45) is 28.6. The molecule has 6 atom stereocenters. The molecule has 0 aromatic carbocycles. The van der Waals surface area contributed by atoms with Crippen LogP contribution in [0.4, 0.5) is 0 Å². The van der Waals surface area contributed by atoms with E-state index in [0.717, 1.165) is 57.8 Å². The molecule has 1 fully saturated rings. The van der Waals surface area contributed by atoms with Crippen LogP contribution in [0.15, 0.2) is 48.6 Å². The van der Waals surface area contributed by atoms with Gasteiger partial charge in [0.25, 0.3) is 0 Å². The first-order chi connectivity index (χ1) is 23.4. The lowest BCUT2D eigenvalue weighted by Gasteiger charge is -2.39. The molecule has 1 aliphatic heterocycles. The van der Waals surface area contributed by atoms with E-state index in [1.54, 1.807) is 0 Å². The van der Waals surface area contributed by atoms with Crippen LogP contribution >= 0.6 is 0 Å². The zero-order chi connectivity index (χ0) is 35.1. The van der Waals surface area contributed by atoms with Crippen molar-refractivity contribution in [1.82, 2.24) is 0 Å². The number of esters is 1. The Labute approximate surface area is 291 Å². The average Bonchev–Trinajstić information content (AvgIpc) is 3.08. The number of carbonyl (C=O) groups excluding carboxylic acids is 1. The summed E-state index contributed by atoms with van der Waals surface area (Å²) in [7, 11) is 0. The largest absolute Gasteiger partial charge is 0.457 e. The number of aliphatic hydroxyl groups excluding tert-OH is 4. The molecule has 0 saturated carbocycles. The fraction of sp³-hybridized carbons (Fsp3) is 0.769. The molecule has 9 nitrogen and oxygen atoms in total. The van der Waals surface area contributed by atoms with Crippen LogP contribution in [0.25, 0.3) is 0 Å². The lowest BCUT2D eigenvalue weighted by atomic mass is 9.99. The molecule has 1 aliphatic rings. The van der Waals surface area contributed by atoms with Gasteiger partial charge in [-0.3, -0.25) is 4.79 Å². The minimum atomic E-state index is -1.54. The van der Waals surface area contributed by atoms with Crippen molar-refractivity contribution >= 4 is 5.97 Å². The lowest BCUT2D eigenvalue weighted by Crippen LogP contribution is -2.59. The molecule has 0 radical (unpaired) electrons. The molecule has 0 spiro atoms. The van der Waals surface area contributed by atoms with Crippen molar-refractivity contribution < 1.29 is 44.2 Å². The van der Waals surface area contributed by atoms with Crippen molar-refractivity contribution in [3.63, 3.8) is 0 Å². The highest BCUT2D eigenvalue weighted by atomic mass is 16.7. The molecule has 278 valence electrons. The van der Waals surface area contributed by atoms with E-state index in [4.69, 9.17) is 18.9 Å². The molecule has 0 bridgehead atoms. The third-order valence-electron chi connectivity index (χ3n) is 8.26. The summed E-state index contributed by atoms with van der Waals surface area (Å²) in [5, 5.41) is 39.9. The molecule has 48 heavy (non-hydrogen) atoms. The van der Waals surface area contributed by atoms with Gasteiger partial charge in [0.05, 0.1) is 19.8 Å². The van der Waals surface area contributed by atoms with Crippen LogP contribution in [0.1, 0.15) is 129 Å². The highest BCUT2D eigenvalue weighted by Crippen LogP contribution is 2.22. The topological polar surface area (TPSA) is 135 Å². The monoisotopic (exact) mass is 680 g/mol. The summed E-state index contributed by atoms with van der Waals surface area (Å²) in [5.74, 6) is -0.336. The van der Waals surface area contributed by atoms with Crippen molar-refractivity contribution in [2.75, 3.05) is 26.4 Å². The fourth-order valence-electron chi connectivity index (χ4n) is 5.32. The molecule has 1 saturated heterocycles. The van der Waals surface area contributed by atoms with Gasteiger partial charge < -0.3 is 39.4 Å². The predicted molar refractivity (Wildman–Crippen MR) is 191 cm³/mol. The van der Waals surface area contributed by atoms with E-state index < -0.39 is 43.4 Å². The van der Waals surface area contributed by atoms with Crippen LogP contribution < -0.4 is 0 Å². The SMILES string of the molecule is CC/C=C\C/C=C\C/C=C\C/C=C\CCCOCC(COC1OC(CO)C(O)C(O)C1O)OC(=O)CCCCCCCCCCCCC. The lowest BCUT2D eigenvalue weighted by molar-refractivity contribution is -0.305. The van der Waals surface area contributed by atoms with Gasteiger partial charge in [-0.15, -0.1) is 0 Å². The molecular weight excluding hydrogens is 612 g/mol. The highest BCUT2D eigenvalue weighted by Gasteiger charge is 2.44. The molecular formula is C39H68O9. The van der Waals surface area contributed by atoms with Gasteiger partial charge in [0, 0.05) is 13.0 Å². The van der Waals surface area contributed by atoms with Gasteiger partial charge in [0.2, 0.25) is 0 Å². The Kier molecular flexibility index (Phi) is 28.7. The first-order valence-corrected chi connectivity index (χ1v) is 18.7. The molecule has 9 heteroatoms. The maximum absolute atomic E-state index is 12.7.